The third kappa shape index (κ3) is 2.40. The second kappa shape index (κ2) is 3.97. The average Bonchev–Trinajstić information content (AvgIpc) is 2.69. The van der Waals surface area contributed by atoms with Crippen molar-refractivity contribution in [3.8, 4) is 0 Å². The first-order valence-electron chi connectivity index (χ1n) is 5.82. The maximum atomic E-state index is 4.37. The predicted molar refractivity (Wildman–Crippen MR) is 61.9 cm³/mol. The van der Waals surface area contributed by atoms with Gasteiger partial charge >= 0.3 is 0 Å². The Labute approximate surface area is 91.9 Å². The van der Waals surface area contributed by atoms with Gasteiger partial charge in [0.2, 0.25) is 0 Å². The fraction of sp³-hybridized carbons (Fsp3) is 0.750. The van der Waals surface area contributed by atoms with Gasteiger partial charge in [0.25, 0.3) is 0 Å². The molecule has 2 heterocycles. The molecule has 1 aromatic rings. The molecule has 1 fully saturated rings. The number of imidazole rings is 1. The molecule has 0 saturated carbocycles. The van der Waals surface area contributed by atoms with Crippen molar-refractivity contribution in [3.05, 3.63) is 18.2 Å². The van der Waals surface area contributed by atoms with Gasteiger partial charge in [0, 0.05) is 30.4 Å². The molecule has 2 rings (SSSR count). The molecule has 0 aromatic carbocycles. The van der Waals surface area contributed by atoms with E-state index in [0.29, 0.717) is 5.92 Å². The number of piperidine rings is 1. The summed E-state index contributed by atoms with van der Waals surface area (Å²) >= 11 is 0. The largest absolute Gasteiger partial charge is 0.348 e. The van der Waals surface area contributed by atoms with E-state index in [-0.39, 0.29) is 5.54 Å². The number of aromatic nitrogens is 2. The van der Waals surface area contributed by atoms with Crippen LogP contribution < -0.4 is 0 Å². The average molecular weight is 207 g/mol. The standard InChI is InChI=1S/C12H21N3/c1-12(2,3)15-8-4-5-10(9-15)11-13-6-7-14-11/h6-7,10H,4-5,8-9H2,1-3H3,(H,13,14). The molecule has 3 nitrogen and oxygen atoms in total. The van der Waals surface area contributed by atoms with E-state index in [0.717, 1.165) is 12.4 Å². The molecule has 0 bridgehead atoms. The smallest absolute Gasteiger partial charge is 0.110 e. The monoisotopic (exact) mass is 207 g/mol. The number of H-pyrrole nitrogens is 1. The Morgan fingerprint density at radius 3 is 2.87 bits per heavy atom. The van der Waals surface area contributed by atoms with Gasteiger partial charge in [-0.15, -0.1) is 0 Å². The van der Waals surface area contributed by atoms with E-state index in [1.165, 1.54) is 19.4 Å². The van der Waals surface area contributed by atoms with Crippen LogP contribution in [0.25, 0.3) is 0 Å². The van der Waals surface area contributed by atoms with Crippen LogP contribution in [0, 0.1) is 0 Å². The lowest BCUT2D eigenvalue weighted by molar-refractivity contribution is 0.0970. The van der Waals surface area contributed by atoms with Crippen molar-refractivity contribution in [1.82, 2.24) is 14.9 Å². The van der Waals surface area contributed by atoms with Crippen LogP contribution in [-0.4, -0.2) is 33.5 Å². The third-order valence-electron chi connectivity index (χ3n) is 3.28. The Morgan fingerprint density at radius 1 is 1.47 bits per heavy atom. The summed E-state index contributed by atoms with van der Waals surface area (Å²) in [6.07, 6.45) is 6.32. The lowest BCUT2D eigenvalue weighted by Gasteiger charge is -2.41. The van der Waals surface area contributed by atoms with Gasteiger partial charge in [0.1, 0.15) is 5.82 Å². The minimum Gasteiger partial charge on any atom is -0.348 e. The predicted octanol–water partition coefficient (Wildman–Crippen LogP) is 2.39. The second-order valence-corrected chi connectivity index (χ2v) is 5.43. The first kappa shape index (κ1) is 10.7. The van der Waals surface area contributed by atoms with E-state index in [1.807, 2.05) is 12.4 Å². The number of hydrogen-bond acceptors (Lipinski definition) is 2. The third-order valence-corrected chi connectivity index (χ3v) is 3.28. The molecule has 0 radical (unpaired) electrons. The number of nitrogens with one attached hydrogen (secondary N) is 1. The van der Waals surface area contributed by atoms with E-state index in [2.05, 4.69) is 35.6 Å². The molecule has 1 saturated heterocycles. The van der Waals surface area contributed by atoms with Gasteiger partial charge < -0.3 is 4.98 Å². The normalized spacial score (nSPS) is 24.3. The summed E-state index contributed by atoms with van der Waals surface area (Å²) in [5.74, 6) is 1.75. The van der Waals surface area contributed by atoms with Gasteiger partial charge in [-0.2, -0.15) is 0 Å². The van der Waals surface area contributed by atoms with Gasteiger partial charge in [-0.3, -0.25) is 4.90 Å². The van der Waals surface area contributed by atoms with Crippen LogP contribution in [0.4, 0.5) is 0 Å². The van der Waals surface area contributed by atoms with Crippen LogP contribution in [0.1, 0.15) is 45.4 Å². The van der Waals surface area contributed by atoms with Crippen molar-refractivity contribution >= 4 is 0 Å². The van der Waals surface area contributed by atoms with Crippen molar-refractivity contribution < 1.29 is 0 Å². The maximum absolute atomic E-state index is 4.37. The van der Waals surface area contributed by atoms with Crippen molar-refractivity contribution in [2.24, 2.45) is 0 Å². The number of hydrogen-bond donors (Lipinski definition) is 1. The molecule has 1 aliphatic rings. The molecule has 0 spiro atoms. The van der Waals surface area contributed by atoms with E-state index >= 15 is 0 Å². The number of rotatable bonds is 1. The van der Waals surface area contributed by atoms with E-state index in [9.17, 15) is 0 Å². The van der Waals surface area contributed by atoms with Crippen molar-refractivity contribution in [2.75, 3.05) is 13.1 Å². The molecule has 0 amide bonds. The zero-order chi connectivity index (χ0) is 10.9. The molecule has 1 unspecified atom stereocenters. The van der Waals surface area contributed by atoms with E-state index in [1.54, 1.807) is 0 Å². The molecule has 1 aliphatic heterocycles. The number of aromatic amines is 1. The molecule has 15 heavy (non-hydrogen) atoms. The fourth-order valence-corrected chi connectivity index (χ4v) is 2.31. The topological polar surface area (TPSA) is 31.9 Å². The quantitative estimate of drug-likeness (QED) is 0.766. The first-order valence-corrected chi connectivity index (χ1v) is 5.82. The Morgan fingerprint density at radius 2 is 2.27 bits per heavy atom. The first-order chi connectivity index (χ1) is 7.07. The molecule has 84 valence electrons. The second-order valence-electron chi connectivity index (χ2n) is 5.43. The Bertz CT molecular complexity index is 297. The summed E-state index contributed by atoms with van der Waals surface area (Å²) in [6.45, 7) is 9.23. The van der Waals surface area contributed by atoms with E-state index < -0.39 is 0 Å². The van der Waals surface area contributed by atoms with Crippen LogP contribution in [0.3, 0.4) is 0 Å². The van der Waals surface area contributed by atoms with Crippen molar-refractivity contribution in [3.63, 3.8) is 0 Å². The number of nitrogens with zero attached hydrogens (tertiary/aromatic N) is 2. The molecule has 0 aliphatic carbocycles. The van der Waals surface area contributed by atoms with Crippen LogP contribution >= 0.6 is 0 Å². The van der Waals surface area contributed by atoms with Gasteiger partial charge in [-0.25, -0.2) is 4.98 Å². The lowest BCUT2D eigenvalue weighted by atomic mass is 9.93. The summed E-state index contributed by atoms with van der Waals surface area (Å²) in [5.41, 5.74) is 0.283. The summed E-state index contributed by atoms with van der Waals surface area (Å²) < 4.78 is 0. The highest BCUT2D eigenvalue weighted by Crippen LogP contribution is 2.28. The molecule has 3 heteroatoms. The highest BCUT2D eigenvalue weighted by atomic mass is 15.2. The van der Waals surface area contributed by atoms with Crippen molar-refractivity contribution in [2.45, 2.75) is 45.1 Å². The van der Waals surface area contributed by atoms with Gasteiger partial charge in [0.05, 0.1) is 0 Å². The Hall–Kier alpha value is -0.830. The summed E-state index contributed by atoms with van der Waals surface area (Å²) in [6, 6.07) is 0. The summed E-state index contributed by atoms with van der Waals surface area (Å²) in [4.78, 5) is 10.2. The molecular formula is C12H21N3. The summed E-state index contributed by atoms with van der Waals surface area (Å²) in [5, 5.41) is 0. The van der Waals surface area contributed by atoms with Gasteiger partial charge in [-0.1, -0.05) is 0 Å². The van der Waals surface area contributed by atoms with Crippen LogP contribution in [-0.2, 0) is 0 Å². The van der Waals surface area contributed by atoms with Crippen LogP contribution in [0.15, 0.2) is 12.4 Å². The van der Waals surface area contributed by atoms with Crippen LogP contribution in [0.5, 0.6) is 0 Å². The number of likely N-dealkylation sites (tertiary alicyclic amines) is 1. The fourth-order valence-electron chi connectivity index (χ4n) is 2.31. The van der Waals surface area contributed by atoms with Crippen molar-refractivity contribution in [1.29, 1.82) is 0 Å². The Balaban J connectivity index is 2.05. The minimum absolute atomic E-state index is 0.283. The Kier molecular flexibility index (Phi) is 2.83. The highest BCUT2D eigenvalue weighted by Gasteiger charge is 2.29. The molecular weight excluding hydrogens is 186 g/mol. The SMILES string of the molecule is CC(C)(C)N1CCCC(c2ncc[nH]2)C1. The maximum Gasteiger partial charge on any atom is 0.110 e. The minimum atomic E-state index is 0.283. The summed E-state index contributed by atoms with van der Waals surface area (Å²) in [7, 11) is 0. The van der Waals surface area contributed by atoms with E-state index in [4.69, 9.17) is 0 Å². The molecule has 1 aromatic heterocycles. The lowest BCUT2D eigenvalue weighted by Crippen LogP contribution is -2.46. The zero-order valence-corrected chi connectivity index (χ0v) is 9.95. The van der Waals surface area contributed by atoms with Crippen LogP contribution in [0.2, 0.25) is 0 Å². The highest BCUT2D eigenvalue weighted by molar-refractivity contribution is 5.01. The molecule has 1 N–H and O–H groups in total. The van der Waals surface area contributed by atoms with Gasteiger partial charge in [0.15, 0.2) is 0 Å². The molecule has 1 atom stereocenters. The van der Waals surface area contributed by atoms with Gasteiger partial charge in [-0.05, 0) is 40.2 Å². The zero-order valence-electron chi connectivity index (χ0n) is 9.95.